The third-order valence-corrected chi connectivity index (χ3v) is 9.34. The predicted molar refractivity (Wildman–Crippen MR) is 165 cm³/mol. The molecule has 11 heteroatoms. The van der Waals surface area contributed by atoms with Crippen LogP contribution in [-0.4, -0.2) is 45.7 Å². The van der Waals surface area contributed by atoms with E-state index in [1.165, 1.54) is 17.4 Å². The third-order valence-electron chi connectivity index (χ3n) is 6.62. The second-order valence-electron chi connectivity index (χ2n) is 9.48. The fraction of sp³-hybridized carbons (Fsp3) is 0.167. The molecule has 0 spiro atoms. The van der Waals surface area contributed by atoms with Gasteiger partial charge in [0.05, 0.1) is 40.4 Å². The van der Waals surface area contributed by atoms with E-state index in [4.69, 9.17) is 21.1 Å². The van der Waals surface area contributed by atoms with Crippen molar-refractivity contribution in [2.75, 3.05) is 36.3 Å². The lowest BCUT2D eigenvalue weighted by atomic mass is 10.1. The molecule has 0 bridgehead atoms. The van der Waals surface area contributed by atoms with Gasteiger partial charge in [0.25, 0.3) is 10.0 Å². The van der Waals surface area contributed by atoms with Crippen molar-refractivity contribution < 1.29 is 17.9 Å². The smallest absolute Gasteiger partial charge is 0.263 e. The number of rotatable bonds is 8. The van der Waals surface area contributed by atoms with Gasteiger partial charge in [-0.2, -0.15) is 0 Å². The van der Waals surface area contributed by atoms with Gasteiger partial charge in [-0.15, -0.1) is 11.3 Å². The van der Waals surface area contributed by atoms with Gasteiger partial charge in [-0.05, 0) is 42.0 Å². The molecule has 1 fully saturated rings. The number of nitrogens with one attached hydrogen (secondary N) is 3. The molecule has 0 saturated carbocycles. The van der Waals surface area contributed by atoms with Crippen LogP contribution in [0.1, 0.15) is 0 Å². The van der Waals surface area contributed by atoms with Crippen LogP contribution in [0.2, 0.25) is 5.02 Å². The number of aromatic nitrogens is 1. The van der Waals surface area contributed by atoms with Gasteiger partial charge in [-0.1, -0.05) is 60.1 Å². The van der Waals surface area contributed by atoms with Gasteiger partial charge in [-0.3, -0.25) is 4.72 Å². The maximum Gasteiger partial charge on any atom is 0.263 e. The maximum absolute atomic E-state index is 13.1. The minimum atomic E-state index is -3.91. The van der Waals surface area contributed by atoms with E-state index in [1.807, 2.05) is 42.5 Å². The van der Waals surface area contributed by atoms with Crippen LogP contribution in [-0.2, 0) is 14.8 Å². The topological polar surface area (TPSA) is 102 Å². The first-order valence-electron chi connectivity index (χ1n) is 13.0. The van der Waals surface area contributed by atoms with Gasteiger partial charge in [0.15, 0.2) is 0 Å². The Morgan fingerprint density at radius 3 is 2.73 bits per heavy atom. The van der Waals surface area contributed by atoms with E-state index in [9.17, 15) is 8.42 Å². The zero-order valence-electron chi connectivity index (χ0n) is 21.8. The number of nitrogens with zero attached hydrogens (tertiary/aromatic N) is 1. The molecule has 0 amide bonds. The number of hydrogen-bond acceptors (Lipinski definition) is 8. The lowest BCUT2D eigenvalue weighted by Gasteiger charge is -2.18. The highest BCUT2D eigenvalue weighted by molar-refractivity contribution is 7.92. The largest absolute Gasteiger partial charge is 0.437 e. The predicted octanol–water partition coefficient (Wildman–Crippen LogP) is 6.61. The first kappa shape index (κ1) is 27.5. The number of anilines is 2. The Morgan fingerprint density at radius 2 is 1.83 bits per heavy atom. The highest BCUT2D eigenvalue weighted by Crippen LogP contribution is 2.40. The van der Waals surface area contributed by atoms with Crippen molar-refractivity contribution in [3.8, 4) is 22.1 Å². The average molecular weight is 607 g/mol. The Hall–Kier alpha value is -3.67. The summed E-state index contributed by atoms with van der Waals surface area (Å²) in [6.45, 7) is 3.03. The molecule has 210 valence electrons. The Labute approximate surface area is 247 Å². The molecule has 2 heterocycles. The van der Waals surface area contributed by atoms with E-state index in [2.05, 4.69) is 26.4 Å². The van der Waals surface area contributed by atoms with Crippen molar-refractivity contribution in [3.63, 3.8) is 0 Å². The minimum absolute atomic E-state index is 0.0118. The molecule has 0 radical (unpaired) electrons. The van der Waals surface area contributed by atoms with Crippen molar-refractivity contribution in [1.29, 1.82) is 0 Å². The standard InChI is InChI=1S/C30H27ClN4O4S2/c31-25-10-1-2-13-28(25)41(36,37)35-26-11-4-9-24-23(26)8-5-12-27(24)39-30-29(40-19-33-30)20-6-3-7-21(16-20)34-22-17-32-14-15-38-18-22/h1-13,16,19,22,32,34-35H,14-15,17-18H2. The van der Waals surface area contributed by atoms with Crippen LogP contribution in [0, 0.1) is 0 Å². The van der Waals surface area contributed by atoms with E-state index in [0.29, 0.717) is 35.9 Å². The Morgan fingerprint density at radius 1 is 1.00 bits per heavy atom. The molecule has 1 atom stereocenters. The Kier molecular flexibility index (Phi) is 8.09. The van der Waals surface area contributed by atoms with Gasteiger partial charge < -0.3 is 20.1 Å². The van der Waals surface area contributed by atoms with E-state index in [-0.39, 0.29) is 16.0 Å². The number of hydrogen-bond donors (Lipinski definition) is 3. The number of thiazole rings is 1. The second kappa shape index (κ2) is 12.1. The zero-order chi connectivity index (χ0) is 28.2. The van der Waals surface area contributed by atoms with Crippen molar-refractivity contribution >= 4 is 55.1 Å². The molecule has 8 nitrogen and oxygen atoms in total. The molecule has 41 heavy (non-hydrogen) atoms. The van der Waals surface area contributed by atoms with Gasteiger partial charge >= 0.3 is 0 Å². The summed E-state index contributed by atoms with van der Waals surface area (Å²) < 4.78 is 41.0. The number of sulfonamides is 1. The van der Waals surface area contributed by atoms with Crippen molar-refractivity contribution in [3.05, 3.63) is 95.5 Å². The molecule has 5 aromatic rings. The molecule has 4 aromatic carbocycles. The molecule has 1 saturated heterocycles. The van der Waals surface area contributed by atoms with Gasteiger partial charge in [0.1, 0.15) is 10.6 Å². The molecule has 0 aliphatic carbocycles. The highest BCUT2D eigenvalue weighted by atomic mass is 35.5. The second-order valence-corrected chi connectivity index (χ2v) is 12.4. The van der Waals surface area contributed by atoms with E-state index < -0.39 is 10.0 Å². The summed E-state index contributed by atoms with van der Waals surface area (Å²) in [5, 5.41) is 8.50. The van der Waals surface area contributed by atoms with Crippen LogP contribution < -0.4 is 20.1 Å². The van der Waals surface area contributed by atoms with Gasteiger partial charge in [0, 0.05) is 29.5 Å². The average Bonchev–Trinajstić information content (AvgIpc) is 3.28. The molecular weight excluding hydrogens is 580 g/mol. The number of benzene rings is 4. The molecular formula is C30H27ClN4O4S2. The van der Waals surface area contributed by atoms with Crippen molar-refractivity contribution in [1.82, 2.24) is 10.3 Å². The first-order chi connectivity index (χ1) is 20.0. The number of halogens is 1. The lowest BCUT2D eigenvalue weighted by molar-refractivity contribution is 0.145. The molecule has 1 aliphatic heterocycles. The lowest BCUT2D eigenvalue weighted by Crippen LogP contribution is -2.33. The van der Waals surface area contributed by atoms with Crippen molar-refractivity contribution in [2.24, 2.45) is 0 Å². The summed E-state index contributed by atoms with van der Waals surface area (Å²) in [4.78, 5) is 5.40. The van der Waals surface area contributed by atoms with E-state index >= 15 is 0 Å². The summed E-state index contributed by atoms with van der Waals surface area (Å²) in [5.74, 6) is 1.03. The molecule has 1 aromatic heterocycles. The quantitative estimate of drug-likeness (QED) is 0.183. The molecule has 1 aliphatic rings. The van der Waals surface area contributed by atoms with Crippen LogP contribution in [0.3, 0.4) is 0 Å². The molecule has 3 N–H and O–H groups in total. The normalized spacial score (nSPS) is 15.8. The third kappa shape index (κ3) is 6.17. The fourth-order valence-electron chi connectivity index (χ4n) is 4.71. The summed E-state index contributed by atoms with van der Waals surface area (Å²) in [6, 6.07) is 25.5. The van der Waals surface area contributed by atoms with Crippen LogP contribution in [0.4, 0.5) is 11.4 Å². The Balaban J connectivity index is 1.27. The van der Waals surface area contributed by atoms with Crippen LogP contribution in [0.5, 0.6) is 11.6 Å². The summed E-state index contributed by atoms with van der Waals surface area (Å²) in [6.07, 6.45) is 0. The SMILES string of the molecule is O=S(=O)(Nc1cccc2c(Oc3ncsc3-c3cccc(NC4CNCCOC4)c3)cccc12)c1ccccc1Cl. The highest BCUT2D eigenvalue weighted by Gasteiger charge is 2.20. The molecule has 6 rings (SSSR count). The summed E-state index contributed by atoms with van der Waals surface area (Å²) in [7, 11) is -3.91. The number of fused-ring (bicyclic) bond motifs is 1. The summed E-state index contributed by atoms with van der Waals surface area (Å²) in [5.41, 5.74) is 4.13. The van der Waals surface area contributed by atoms with E-state index in [0.717, 1.165) is 34.6 Å². The van der Waals surface area contributed by atoms with Crippen LogP contribution >= 0.6 is 22.9 Å². The monoisotopic (exact) mass is 606 g/mol. The Bertz CT molecular complexity index is 1790. The minimum Gasteiger partial charge on any atom is -0.437 e. The van der Waals surface area contributed by atoms with Gasteiger partial charge in [-0.25, -0.2) is 13.4 Å². The maximum atomic E-state index is 13.1. The van der Waals surface area contributed by atoms with Gasteiger partial charge in [0.2, 0.25) is 5.88 Å². The zero-order valence-corrected chi connectivity index (χ0v) is 24.2. The number of ether oxygens (including phenoxy) is 2. The van der Waals surface area contributed by atoms with Crippen LogP contribution in [0.25, 0.3) is 21.2 Å². The summed E-state index contributed by atoms with van der Waals surface area (Å²) >= 11 is 7.66. The van der Waals surface area contributed by atoms with E-state index in [1.54, 1.807) is 35.8 Å². The first-order valence-corrected chi connectivity index (χ1v) is 15.8. The van der Waals surface area contributed by atoms with Crippen molar-refractivity contribution in [2.45, 2.75) is 10.9 Å². The van der Waals surface area contributed by atoms with Crippen LogP contribution in [0.15, 0.2) is 95.3 Å². The molecule has 1 unspecified atom stereocenters. The fourth-order valence-corrected chi connectivity index (χ4v) is 7.02.